The molecule has 4 heteroatoms. The highest BCUT2D eigenvalue weighted by Gasteiger charge is 2.23. The number of ether oxygens (including phenoxy) is 2. The van der Waals surface area contributed by atoms with E-state index in [9.17, 15) is 5.11 Å². The summed E-state index contributed by atoms with van der Waals surface area (Å²) in [4.78, 5) is 0. The van der Waals surface area contributed by atoms with Crippen LogP contribution in [-0.4, -0.2) is 31.5 Å². The van der Waals surface area contributed by atoms with Crippen LogP contribution >= 0.6 is 0 Å². The van der Waals surface area contributed by atoms with E-state index < -0.39 is 0 Å². The molecule has 1 saturated heterocycles. The van der Waals surface area contributed by atoms with E-state index in [1.165, 1.54) is 0 Å². The number of hydrogen-bond acceptors (Lipinski definition) is 4. The average molecular weight is 251 g/mol. The summed E-state index contributed by atoms with van der Waals surface area (Å²) in [6, 6.07) is 6.79. The Morgan fingerprint density at radius 1 is 1.28 bits per heavy atom. The molecule has 1 aromatic rings. The molecule has 1 aliphatic rings. The van der Waals surface area contributed by atoms with Gasteiger partial charge in [-0.15, -0.1) is 0 Å². The van der Waals surface area contributed by atoms with E-state index in [1.807, 2.05) is 0 Å². The Bertz CT molecular complexity index is 347. The molecule has 1 aliphatic heterocycles. The lowest BCUT2D eigenvalue weighted by Gasteiger charge is -2.29. The Labute approximate surface area is 108 Å². The van der Waals surface area contributed by atoms with Gasteiger partial charge in [-0.2, -0.15) is 0 Å². The minimum Gasteiger partial charge on any atom is -0.508 e. The summed E-state index contributed by atoms with van der Waals surface area (Å²) in [5.41, 5.74) is 5.83. The smallest absolute Gasteiger partial charge is 0.119 e. The zero-order valence-corrected chi connectivity index (χ0v) is 10.5. The average Bonchev–Trinajstić information content (AvgIpc) is 2.43. The van der Waals surface area contributed by atoms with Gasteiger partial charge in [0.2, 0.25) is 0 Å². The van der Waals surface area contributed by atoms with Gasteiger partial charge in [-0.1, -0.05) is 0 Å². The lowest BCUT2D eigenvalue weighted by molar-refractivity contribution is 0.0381. The summed E-state index contributed by atoms with van der Waals surface area (Å²) >= 11 is 0. The molecule has 3 N–H and O–H groups in total. The van der Waals surface area contributed by atoms with Crippen molar-refractivity contribution in [2.45, 2.75) is 12.8 Å². The van der Waals surface area contributed by atoms with Gasteiger partial charge in [-0.3, -0.25) is 0 Å². The summed E-state index contributed by atoms with van der Waals surface area (Å²) in [5.74, 6) is 2.00. The van der Waals surface area contributed by atoms with Crippen molar-refractivity contribution < 1.29 is 14.6 Å². The molecule has 0 saturated carbocycles. The summed E-state index contributed by atoms with van der Waals surface area (Å²) in [7, 11) is 0. The first-order valence-corrected chi connectivity index (χ1v) is 6.49. The van der Waals surface area contributed by atoms with Crippen molar-refractivity contribution in [2.24, 2.45) is 17.6 Å². The fraction of sp³-hybridized carbons (Fsp3) is 0.571. The van der Waals surface area contributed by atoms with E-state index in [0.717, 1.165) is 31.8 Å². The molecule has 0 spiro atoms. The van der Waals surface area contributed by atoms with Gasteiger partial charge < -0.3 is 20.3 Å². The van der Waals surface area contributed by atoms with Crippen molar-refractivity contribution in [3.05, 3.63) is 24.3 Å². The first kappa shape index (κ1) is 13.2. The maximum atomic E-state index is 9.19. The van der Waals surface area contributed by atoms with Crippen LogP contribution in [0.1, 0.15) is 12.8 Å². The molecule has 0 amide bonds. The zero-order chi connectivity index (χ0) is 12.8. The molecule has 0 radical (unpaired) electrons. The minimum absolute atomic E-state index is 0.252. The van der Waals surface area contributed by atoms with Crippen LogP contribution in [-0.2, 0) is 4.74 Å². The molecule has 4 nitrogen and oxygen atoms in total. The molecule has 0 aliphatic carbocycles. The number of rotatable bonds is 5. The second-order valence-corrected chi connectivity index (χ2v) is 4.75. The maximum absolute atomic E-state index is 9.19. The van der Waals surface area contributed by atoms with E-state index in [2.05, 4.69) is 0 Å². The number of nitrogens with two attached hydrogens (primary N) is 1. The van der Waals surface area contributed by atoms with Crippen molar-refractivity contribution >= 4 is 0 Å². The number of benzene rings is 1. The highest BCUT2D eigenvalue weighted by Crippen LogP contribution is 2.24. The van der Waals surface area contributed by atoms with E-state index in [1.54, 1.807) is 24.3 Å². The Hall–Kier alpha value is -1.26. The van der Waals surface area contributed by atoms with Gasteiger partial charge in [-0.05, 0) is 49.6 Å². The van der Waals surface area contributed by atoms with Crippen LogP contribution in [0.3, 0.4) is 0 Å². The predicted molar refractivity (Wildman–Crippen MR) is 69.7 cm³/mol. The lowest BCUT2D eigenvalue weighted by atomic mass is 9.86. The van der Waals surface area contributed by atoms with Crippen molar-refractivity contribution in [3.63, 3.8) is 0 Å². The summed E-state index contributed by atoms with van der Waals surface area (Å²) in [5, 5.41) is 9.19. The van der Waals surface area contributed by atoms with Crippen molar-refractivity contribution in [1.29, 1.82) is 0 Å². The molecular formula is C14H21NO3. The van der Waals surface area contributed by atoms with Crippen LogP contribution in [0.15, 0.2) is 24.3 Å². The van der Waals surface area contributed by atoms with Crippen LogP contribution in [0.4, 0.5) is 0 Å². The number of phenols is 1. The first-order chi connectivity index (χ1) is 8.79. The first-order valence-electron chi connectivity index (χ1n) is 6.49. The molecule has 2 rings (SSSR count). The molecule has 1 heterocycles. The molecule has 1 unspecified atom stereocenters. The fourth-order valence-electron chi connectivity index (χ4n) is 2.33. The SMILES string of the molecule is NCC(COc1ccc(O)cc1)C1CCOCC1. The van der Waals surface area contributed by atoms with Crippen LogP contribution in [0.25, 0.3) is 0 Å². The van der Waals surface area contributed by atoms with Crippen molar-refractivity contribution in [1.82, 2.24) is 0 Å². The Balaban J connectivity index is 1.84. The van der Waals surface area contributed by atoms with Gasteiger partial charge in [0.15, 0.2) is 0 Å². The highest BCUT2D eigenvalue weighted by atomic mass is 16.5. The van der Waals surface area contributed by atoms with E-state index >= 15 is 0 Å². The third-order valence-corrected chi connectivity index (χ3v) is 3.54. The fourth-order valence-corrected chi connectivity index (χ4v) is 2.33. The third kappa shape index (κ3) is 3.62. The standard InChI is InChI=1S/C14H21NO3/c15-9-12(11-5-7-17-8-6-11)10-18-14-3-1-13(16)2-4-14/h1-4,11-12,16H,5-10,15H2. The summed E-state index contributed by atoms with van der Waals surface area (Å²) in [6.45, 7) is 2.94. The second kappa shape index (κ2) is 6.61. The molecular weight excluding hydrogens is 230 g/mol. The molecule has 1 atom stereocenters. The van der Waals surface area contributed by atoms with E-state index in [4.69, 9.17) is 15.2 Å². The van der Waals surface area contributed by atoms with Gasteiger partial charge >= 0.3 is 0 Å². The molecule has 0 aromatic heterocycles. The van der Waals surface area contributed by atoms with Crippen LogP contribution in [0.5, 0.6) is 11.5 Å². The van der Waals surface area contributed by atoms with Crippen LogP contribution in [0.2, 0.25) is 0 Å². The number of phenolic OH excluding ortho intramolecular Hbond substituents is 1. The Morgan fingerprint density at radius 2 is 1.94 bits per heavy atom. The predicted octanol–water partition coefficient (Wildman–Crippen LogP) is 1.77. The largest absolute Gasteiger partial charge is 0.508 e. The quantitative estimate of drug-likeness (QED) is 0.837. The maximum Gasteiger partial charge on any atom is 0.119 e. The number of hydrogen-bond donors (Lipinski definition) is 2. The van der Waals surface area contributed by atoms with Crippen molar-refractivity contribution in [2.75, 3.05) is 26.4 Å². The minimum atomic E-state index is 0.252. The van der Waals surface area contributed by atoms with E-state index in [-0.39, 0.29) is 5.75 Å². The third-order valence-electron chi connectivity index (χ3n) is 3.54. The highest BCUT2D eigenvalue weighted by molar-refractivity contribution is 5.30. The molecule has 18 heavy (non-hydrogen) atoms. The molecule has 100 valence electrons. The van der Waals surface area contributed by atoms with Gasteiger partial charge in [0.05, 0.1) is 6.61 Å². The summed E-state index contributed by atoms with van der Waals surface area (Å²) in [6.07, 6.45) is 2.14. The van der Waals surface area contributed by atoms with Gasteiger partial charge in [0, 0.05) is 19.1 Å². The molecule has 1 aromatic carbocycles. The van der Waals surface area contributed by atoms with Gasteiger partial charge in [-0.25, -0.2) is 0 Å². The molecule has 1 fully saturated rings. The Kier molecular flexibility index (Phi) is 4.84. The van der Waals surface area contributed by atoms with Crippen LogP contribution < -0.4 is 10.5 Å². The van der Waals surface area contributed by atoms with Crippen molar-refractivity contribution in [3.8, 4) is 11.5 Å². The lowest BCUT2D eigenvalue weighted by Crippen LogP contribution is -2.32. The van der Waals surface area contributed by atoms with Crippen LogP contribution in [0, 0.1) is 11.8 Å². The van der Waals surface area contributed by atoms with Gasteiger partial charge in [0.1, 0.15) is 11.5 Å². The number of aromatic hydroxyl groups is 1. The second-order valence-electron chi connectivity index (χ2n) is 4.75. The monoisotopic (exact) mass is 251 g/mol. The normalized spacial score (nSPS) is 18.5. The topological polar surface area (TPSA) is 64.7 Å². The molecule has 0 bridgehead atoms. The Morgan fingerprint density at radius 3 is 2.56 bits per heavy atom. The van der Waals surface area contributed by atoms with Gasteiger partial charge in [0.25, 0.3) is 0 Å². The summed E-state index contributed by atoms with van der Waals surface area (Å²) < 4.78 is 11.1. The zero-order valence-electron chi connectivity index (χ0n) is 10.5. The van der Waals surface area contributed by atoms with E-state index in [0.29, 0.717) is 25.0 Å².